The van der Waals surface area contributed by atoms with Crippen molar-refractivity contribution in [2.75, 3.05) is 0 Å². The number of pyridine rings is 1. The summed E-state index contributed by atoms with van der Waals surface area (Å²) in [5, 5.41) is 0. The molecule has 0 radical (unpaired) electrons. The van der Waals surface area contributed by atoms with Gasteiger partial charge in [-0.15, -0.1) is 0 Å². The molecule has 0 spiro atoms. The van der Waals surface area contributed by atoms with Crippen molar-refractivity contribution in [1.82, 2.24) is 14.5 Å². The number of rotatable bonds is 0. The first-order valence-corrected chi connectivity index (χ1v) is 4.70. The van der Waals surface area contributed by atoms with Gasteiger partial charge in [0.05, 0.1) is 29.5 Å². The van der Waals surface area contributed by atoms with Crippen molar-refractivity contribution in [2.45, 2.75) is 19.4 Å². The summed E-state index contributed by atoms with van der Waals surface area (Å²) in [6, 6.07) is 4.12. The number of hydrogen-bond acceptors (Lipinski definition) is 2. The molecule has 3 rings (SSSR count). The smallest absolute Gasteiger partial charge is 0.0959 e. The zero-order valence-corrected chi connectivity index (χ0v) is 8.23. The number of imidazole rings is 1. The summed E-state index contributed by atoms with van der Waals surface area (Å²) in [7, 11) is 0. The van der Waals surface area contributed by atoms with Crippen molar-refractivity contribution in [1.29, 1.82) is 0 Å². The number of nitrogens with zero attached hydrogens (tertiary/aromatic N) is 3. The van der Waals surface area contributed by atoms with Crippen molar-refractivity contribution >= 4 is 0 Å². The van der Waals surface area contributed by atoms with Crippen molar-refractivity contribution in [3.8, 4) is 11.4 Å². The molecule has 0 saturated heterocycles. The maximum atomic E-state index is 4.41. The van der Waals surface area contributed by atoms with Crippen LogP contribution in [0, 0.1) is 0 Å². The summed E-state index contributed by atoms with van der Waals surface area (Å²) in [4.78, 5) is 8.57. The Balaban J connectivity index is 2.42. The van der Waals surface area contributed by atoms with Gasteiger partial charge in [0.25, 0.3) is 0 Å². The van der Waals surface area contributed by atoms with Gasteiger partial charge in [0, 0.05) is 11.8 Å². The third-order valence-electron chi connectivity index (χ3n) is 2.95. The van der Waals surface area contributed by atoms with Gasteiger partial charge in [0.15, 0.2) is 0 Å². The van der Waals surface area contributed by atoms with Crippen LogP contribution in [-0.4, -0.2) is 14.5 Å². The van der Waals surface area contributed by atoms with E-state index in [9.17, 15) is 0 Å². The highest BCUT2D eigenvalue weighted by Gasteiger charge is 2.35. The third kappa shape index (κ3) is 0.726. The van der Waals surface area contributed by atoms with Gasteiger partial charge in [0.1, 0.15) is 0 Å². The molecular weight excluding hydrogens is 174 g/mol. The fourth-order valence-corrected chi connectivity index (χ4v) is 2.15. The van der Waals surface area contributed by atoms with E-state index in [1.807, 2.05) is 24.8 Å². The molecule has 0 bridgehead atoms. The maximum absolute atomic E-state index is 4.41. The fourth-order valence-electron chi connectivity index (χ4n) is 2.15. The lowest BCUT2D eigenvalue weighted by atomic mass is 9.96. The molecule has 0 unspecified atom stereocenters. The van der Waals surface area contributed by atoms with E-state index < -0.39 is 0 Å². The van der Waals surface area contributed by atoms with E-state index in [0.29, 0.717) is 0 Å². The molecule has 14 heavy (non-hydrogen) atoms. The lowest BCUT2D eigenvalue weighted by Gasteiger charge is -2.21. The average Bonchev–Trinajstić information content (AvgIpc) is 2.72. The molecule has 0 aromatic carbocycles. The highest BCUT2D eigenvalue weighted by molar-refractivity contribution is 5.66. The largest absolute Gasteiger partial charge is 0.319 e. The van der Waals surface area contributed by atoms with E-state index >= 15 is 0 Å². The van der Waals surface area contributed by atoms with Crippen LogP contribution < -0.4 is 0 Å². The normalized spacial score (nSPS) is 16.4. The quantitative estimate of drug-likeness (QED) is 0.628. The minimum Gasteiger partial charge on any atom is -0.319 e. The number of fused-ring (bicyclic) bond motifs is 3. The van der Waals surface area contributed by atoms with Gasteiger partial charge in [-0.3, -0.25) is 4.98 Å². The van der Waals surface area contributed by atoms with Crippen molar-refractivity contribution in [3.05, 3.63) is 36.4 Å². The molecule has 0 N–H and O–H groups in total. The van der Waals surface area contributed by atoms with Crippen molar-refractivity contribution in [3.63, 3.8) is 0 Å². The van der Waals surface area contributed by atoms with Crippen LogP contribution in [0.4, 0.5) is 0 Å². The molecule has 0 saturated carbocycles. The lowest BCUT2D eigenvalue weighted by Crippen LogP contribution is -2.22. The lowest BCUT2D eigenvalue weighted by molar-refractivity contribution is 0.459. The van der Waals surface area contributed by atoms with Crippen LogP contribution in [0.5, 0.6) is 0 Å². The van der Waals surface area contributed by atoms with Gasteiger partial charge in [-0.1, -0.05) is 6.07 Å². The van der Waals surface area contributed by atoms with Crippen LogP contribution in [0.1, 0.15) is 19.4 Å². The minimum absolute atomic E-state index is 0.0184. The second-order valence-corrected chi connectivity index (χ2v) is 4.11. The Labute approximate surface area is 82.4 Å². The zero-order chi connectivity index (χ0) is 9.76. The van der Waals surface area contributed by atoms with E-state index in [1.54, 1.807) is 0 Å². The molecule has 0 aliphatic carbocycles. The molecule has 70 valence electrons. The average molecular weight is 185 g/mol. The van der Waals surface area contributed by atoms with E-state index in [-0.39, 0.29) is 5.54 Å². The van der Waals surface area contributed by atoms with Gasteiger partial charge in [-0.05, 0) is 19.9 Å². The second-order valence-electron chi connectivity index (χ2n) is 4.11. The Morgan fingerprint density at radius 2 is 2.21 bits per heavy atom. The first-order chi connectivity index (χ1) is 6.71. The SMILES string of the molecule is CC1(C)c2cccnc2-c2cncn21. The Morgan fingerprint density at radius 3 is 3.07 bits per heavy atom. The van der Waals surface area contributed by atoms with E-state index in [4.69, 9.17) is 0 Å². The van der Waals surface area contributed by atoms with Crippen molar-refractivity contribution in [2.24, 2.45) is 0 Å². The minimum atomic E-state index is -0.0184. The van der Waals surface area contributed by atoms with Crippen LogP contribution in [0.15, 0.2) is 30.9 Å². The molecule has 2 aromatic heterocycles. The molecule has 1 aliphatic heterocycles. The Bertz CT molecular complexity index is 497. The van der Waals surface area contributed by atoms with Crippen LogP contribution in [0.3, 0.4) is 0 Å². The molecule has 0 amide bonds. The first kappa shape index (κ1) is 7.74. The molecule has 0 atom stereocenters. The molecular formula is C11H11N3. The van der Waals surface area contributed by atoms with E-state index in [1.165, 1.54) is 5.56 Å². The molecule has 3 nitrogen and oxygen atoms in total. The third-order valence-corrected chi connectivity index (χ3v) is 2.95. The Hall–Kier alpha value is -1.64. The molecule has 0 fully saturated rings. The predicted octanol–water partition coefficient (Wildman–Crippen LogP) is 2.04. The summed E-state index contributed by atoms with van der Waals surface area (Å²) in [6.45, 7) is 4.37. The molecule has 2 aromatic rings. The summed E-state index contributed by atoms with van der Waals surface area (Å²) < 4.78 is 2.17. The van der Waals surface area contributed by atoms with E-state index in [2.05, 4.69) is 34.4 Å². The van der Waals surface area contributed by atoms with E-state index in [0.717, 1.165) is 11.4 Å². The standard InChI is InChI=1S/C11H11N3/c1-11(2)8-4-3-5-13-10(8)9-6-12-7-14(9)11/h3-7H,1-2H3. The summed E-state index contributed by atoms with van der Waals surface area (Å²) in [6.07, 6.45) is 5.58. The van der Waals surface area contributed by atoms with Gasteiger partial charge in [0.2, 0.25) is 0 Å². The predicted molar refractivity (Wildman–Crippen MR) is 53.9 cm³/mol. The number of hydrogen-bond donors (Lipinski definition) is 0. The van der Waals surface area contributed by atoms with Crippen LogP contribution in [-0.2, 0) is 5.54 Å². The number of aromatic nitrogens is 3. The molecule has 3 heteroatoms. The Morgan fingerprint density at radius 1 is 1.36 bits per heavy atom. The van der Waals surface area contributed by atoms with Crippen LogP contribution >= 0.6 is 0 Å². The summed E-state index contributed by atoms with van der Waals surface area (Å²) in [5.74, 6) is 0. The summed E-state index contributed by atoms with van der Waals surface area (Å²) >= 11 is 0. The van der Waals surface area contributed by atoms with Crippen molar-refractivity contribution < 1.29 is 0 Å². The first-order valence-electron chi connectivity index (χ1n) is 4.70. The monoisotopic (exact) mass is 185 g/mol. The fraction of sp³-hybridized carbons (Fsp3) is 0.273. The highest BCUT2D eigenvalue weighted by atomic mass is 15.1. The Kier molecular flexibility index (Phi) is 1.23. The topological polar surface area (TPSA) is 30.7 Å². The van der Waals surface area contributed by atoms with Crippen LogP contribution in [0.25, 0.3) is 11.4 Å². The van der Waals surface area contributed by atoms with Gasteiger partial charge < -0.3 is 4.57 Å². The maximum Gasteiger partial charge on any atom is 0.0959 e. The van der Waals surface area contributed by atoms with Crippen LogP contribution in [0.2, 0.25) is 0 Å². The molecule has 3 heterocycles. The molecule has 1 aliphatic rings. The van der Waals surface area contributed by atoms with Gasteiger partial charge in [-0.25, -0.2) is 4.98 Å². The summed E-state index contributed by atoms with van der Waals surface area (Å²) in [5.41, 5.74) is 3.44. The van der Waals surface area contributed by atoms with Gasteiger partial charge >= 0.3 is 0 Å². The second kappa shape index (κ2) is 2.23. The van der Waals surface area contributed by atoms with Gasteiger partial charge in [-0.2, -0.15) is 0 Å². The zero-order valence-electron chi connectivity index (χ0n) is 8.23. The highest BCUT2D eigenvalue weighted by Crippen LogP contribution is 2.41.